The van der Waals surface area contributed by atoms with E-state index in [1.807, 2.05) is 11.7 Å². The Bertz CT molecular complexity index is 482. The van der Waals surface area contributed by atoms with Gasteiger partial charge in [0.25, 0.3) is 0 Å². The molecule has 1 aromatic heterocycles. The van der Waals surface area contributed by atoms with Gasteiger partial charge in [-0.05, 0) is 44.6 Å². The Hall–Kier alpha value is -0.520. The maximum atomic E-state index is 6.07. The number of hydrogen-bond acceptors (Lipinski definition) is 4. The molecular weight excluding hydrogens is 282 g/mol. The van der Waals surface area contributed by atoms with Crippen LogP contribution < -0.4 is 5.32 Å². The van der Waals surface area contributed by atoms with Crippen molar-refractivity contribution in [3.05, 3.63) is 17.0 Å². The number of aromatic nitrogens is 2. The van der Waals surface area contributed by atoms with Crippen LogP contribution in [0, 0.1) is 19.8 Å². The molecule has 2 fully saturated rings. The lowest BCUT2D eigenvalue weighted by Gasteiger charge is -2.26. The second-order valence-electron chi connectivity index (χ2n) is 6.34. The second-order valence-corrected chi connectivity index (χ2v) is 7.57. The third-order valence-corrected chi connectivity index (χ3v) is 6.00. The summed E-state index contributed by atoms with van der Waals surface area (Å²) in [6.07, 6.45) is 4.01. The van der Waals surface area contributed by atoms with Crippen LogP contribution in [0.15, 0.2) is 0 Å². The summed E-state index contributed by atoms with van der Waals surface area (Å²) in [5.74, 6) is 3.20. The predicted molar refractivity (Wildman–Crippen MR) is 87.8 cm³/mol. The van der Waals surface area contributed by atoms with Gasteiger partial charge in [0.1, 0.15) is 0 Å². The van der Waals surface area contributed by atoms with Gasteiger partial charge in [-0.1, -0.05) is 0 Å². The fourth-order valence-electron chi connectivity index (χ4n) is 3.58. The van der Waals surface area contributed by atoms with Crippen molar-refractivity contribution in [3.8, 4) is 0 Å². The summed E-state index contributed by atoms with van der Waals surface area (Å²) >= 11 is 2.09. The Kier molecular flexibility index (Phi) is 4.92. The molecule has 0 aromatic carbocycles. The van der Waals surface area contributed by atoms with Crippen LogP contribution in [0.5, 0.6) is 0 Å². The van der Waals surface area contributed by atoms with Gasteiger partial charge in [-0.2, -0.15) is 16.9 Å². The molecule has 0 spiro atoms. The molecule has 0 aliphatic carbocycles. The molecule has 5 heteroatoms. The van der Waals surface area contributed by atoms with E-state index in [4.69, 9.17) is 4.74 Å². The highest BCUT2D eigenvalue weighted by Gasteiger charge is 2.33. The Morgan fingerprint density at radius 2 is 2.05 bits per heavy atom. The van der Waals surface area contributed by atoms with Crippen LogP contribution in [-0.2, 0) is 11.8 Å². The first-order chi connectivity index (χ1) is 10.2. The smallest absolute Gasteiger partial charge is 0.0901 e. The fraction of sp³-hybridized carbons (Fsp3) is 0.812. The van der Waals surface area contributed by atoms with Gasteiger partial charge in [-0.3, -0.25) is 4.68 Å². The largest absolute Gasteiger partial charge is 0.373 e. The van der Waals surface area contributed by atoms with Gasteiger partial charge < -0.3 is 10.1 Å². The van der Waals surface area contributed by atoms with Gasteiger partial charge in [0.15, 0.2) is 0 Å². The second kappa shape index (κ2) is 6.71. The summed E-state index contributed by atoms with van der Waals surface area (Å²) in [5, 5.41) is 8.34. The number of nitrogens with one attached hydrogen (secondary N) is 1. The normalized spacial score (nSPS) is 27.4. The molecule has 118 valence electrons. The molecule has 2 aliphatic rings. The molecule has 21 heavy (non-hydrogen) atoms. The molecular formula is C16H27N3OS. The van der Waals surface area contributed by atoms with E-state index in [0.29, 0.717) is 12.0 Å². The van der Waals surface area contributed by atoms with Gasteiger partial charge in [-0.15, -0.1) is 0 Å². The molecule has 4 nitrogen and oxygen atoms in total. The first-order valence-electron chi connectivity index (χ1n) is 8.09. The van der Waals surface area contributed by atoms with Crippen LogP contribution in [0.3, 0.4) is 0 Å². The Morgan fingerprint density at radius 1 is 1.29 bits per heavy atom. The van der Waals surface area contributed by atoms with Gasteiger partial charge in [0.2, 0.25) is 0 Å². The average molecular weight is 309 g/mol. The molecule has 0 saturated carbocycles. The topological polar surface area (TPSA) is 39.1 Å². The lowest BCUT2D eigenvalue weighted by atomic mass is 9.93. The van der Waals surface area contributed by atoms with Crippen molar-refractivity contribution in [2.45, 2.75) is 45.3 Å². The van der Waals surface area contributed by atoms with E-state index >= 15 is 0 Å². The lowest BCUT2D eigenvalue weighted by molar-refractivity contribution is 0.0886. The van der Waals surface area contributed by atoms with Crippen LogP contribution >= 0.6 is 11.8 Å². The summed E-state index contributed by atoms with van der Waals surface area (Å²) in [4.78, 5) is 0. The zero-order valence-electron chi connectivity index (χ0n) is 13.4. The summed E-state index contributed by atoms with van der Waals surface area (Å²) in [5.41, 5.74) is 3.69. The standard InChI is InChI=1S/C16H27N3OS/c1-11-15(12(2)19(3)18-11)16-13(4-7-20-16)10-17-14-5-8-21-9-6-14/h13-14,16-17H,4-10H2,1-3H3/t13-,16+/m1/s1. The van der Waals surface area contributed by atoms with Gasteiger partial charge >= 0.3 is 0 Å². The molecule has 3 rings (SSSR count). The van der Waals surface area contributed by atoms with Crippen LogP contribution in [0.2, 0.25) is 0 Å². The first kappa shape index (κ1) is 15.4. The fourth-order valence-corrected chi connectivity index (χ4v) is 4.69. The molecule has 2 aliphatic heterocycles. The quantitative estimate of drug-likeness (QED) is 0.928. The first-order valence-corrected chi connectivity index (χ1v) is 9.25. The molecule has 2 saturated heterocycles. The number of nitrogens with zero attached hydrogens (tertiary/aromatic N) is 2. The Balaban J connectivity index is 1.64. The number of rotatable bonds is 4. The zero-order valence-corrected chi connectivity index (χ0v) is 14.2. The van der Waals surface area contributed by atoms with E-state index in [0.717, 1.165) is 25.3 Å². The lowest BCUT2D eigenvalue weighted by Crippen LogP contribution is -2.36. The number of hydrogen-bond donors (Lipinski definition) is 1. The van der Waals surface area contributed by atoms with E-state index in [-0.39, 0.29) is 6.10 Å². The molecule has 1 aromatic rings. The minimum absolute atomic E-state index is 0.226. The van der Waals surface area contributed by atoms with E-state index in [9.17, 15) is 0 Å². The number of ether oxygens (including phenoxy) is 1. The van der Waals surface area contributed by atoms with Gasteiger partial charge in [-0.25, -0.2) is 0 Å². The highest BCUT2D eigenvalue weighted by molar-refractivity contribution is 7.99. The summed E-state index contributed by atoms with van der Waals surface area (Å²) in [6.45, 7) is 6.21. The predicted octanol–water partition coefficient (Wildman–Crippen LogP) is 2.60. The molecule has 0 amide bonds. The van der Waals surface area contributed by atoms with Crippen molar-refractivity contribution in [2.75, 3.05) is 24.7 Å². The zero-order chi connectivity index (χ0) is 14.8. The van der Waals surface area contributed by atoms with Crippen molar-refractivity contribution in [2.24, 2.45) is 13.0 Å². The summed E-state index contributed by atoms with van der Waals surface area (Å²) in [7, 11) is 2.02. The number of thioether (sulfide) groups is 1. The monoisotopic (exact) mass is 309 g/mol. The van der Waals surface area contributed by atoms with Crippen LogP contribution in [0.4, 0.5) is 0 Å². The van der Waals surface area contributed by atoms with Crippen molar-refractivity contribution < 1.29 is 4.74 Å². The molecule has 2 atom stereocenters. The van der Waals surface area contributed by atoms with Crippen LogP contribution in [0.1, 0.15) is 42.3 Å². The Labute approximate surface area is 132 Å². The van der Waals surface area contributed by atoms with Crippen LogP contribution in [0.25, 0.3) is 0 Å². The SMILES string of the molecule is Cc1nn(C)c(C)c1[C@H]1OCC[C@@H]1CNC1CCSCC1. The minimum Gasteiger partial charge on any atom is -0.373 e. The molecule has 1 N–H and O–H groups in total. The maximum Gasteiger partial charge on any atom is 0.0901 e. The number of aryl methyl sites for hydroxylation is 2. The summed E-state index contributed by atoms with van der Waals surface area (Å²) < 4.78 is 8.05. The maximum absolute atomic E-state index is 6.07. The van der Waals surface area contributed by atoms with E-state index < -0.39 is 0 Å². The summed E-state index contributed by atoms with van der Waals surface area (Å²) in [6, 6.07) is 0.712. The van der Waals surface area contributed by atoms with Gasteiger partial charge in [0.05, 0.1) is 11.8 Å². The van der Waals surface area contributed by atoms with E-state index in [1.54, 1.807) is 0 Å². The molecule has 0 bridgehead atoms. The molecule has 0 radical (unpaired) electrons. The Morgan fingerprint density at radius 3 is 2.71 bits per heavy atom. The van der Waals surface area contributed by atoms with Crippen LogP contribution in [-0.4, -0.2) is 40.5 Å². The third kappa shape index (κ3) is 3.30. The molecule has 3 heterocycles. The highest BCUT2D eigenvalue weighted by atomic mass is 32.2. The highest BCUT2D eigenvalue weighted by Crippen LogP contribution is 2.37. The third-order valence-electron chi connectivity index (χ3n) is 4.95. The van der Waals surface area contributed by atoms with E-state index in [2.05, 4.69) is 36.0 Å². The van der Waals surface area contributed by atoms with E-state index in [1.165, 1.54) is 35.6 Å². The minimum atomic E-state index is 0.226. The van der Waals surface area contributed by atoms with Crippen molar-refractivity contribution in [3.63, 3.8) is 0 Å². The van der Waals surface area contributed by atoms with Crippen molar-refractivity contribution >= 4 is 11.8 Å². The van der Waals surface area contributed by atoms with Crippen molar-refractivity contribution in [1.82, 2.24) is 15.1 Å². The molecule has 0 unspecified atom stereocenters. The van der Waals surface area contributed by atoms with Gasteiger partial charge in [0, 0.05) is 43.4 Å². The average Bonchev–Trinajstić information content (AvgIpc) is 3.03. The van der Waals surface area contributed by atoms with Crippen molar-refractivity contribution in [1.29, 1.82) is 0 Å².